The predicted octanol–water partition coefficient (Wildman–Crippen LogP) is 20.8. The Morgan fingerprint density at radius 1 is 0.407 bits per heavy atom. The topological polar surface area (TPSA) is 33.5 Å². The summed E-state index contributed by atoms with van der Waals surface area (Å²) in [6.45, 7) is 18.5. The Balaban J connectivity index is 0.921. The molecule has 0 radical (unpaired) electrons. The monoisotopic (exact) mass is 1050 g/mol. The average molecular weight is 1050 g/mol. The molecule has 13 rings (SSSR count). The van der Waals surface area contributed by atoms with E-state index in [1.807, 2.05) is 6.20 Å². The van der Waals surface area contributed by atoms with Crippen LogP contribution in [0.5, 0.6) is 11.5 Å². The van der Waals surface area contributed by atoms with Gasteiger partial charge in [0.25, 0.3) is 0 Å². The van der Waals surface area contributed by atoms with Gasteiger partial charge in [0.1, 0.15) is 24.0 Å². The highest BCUT2D eigenvalue weighted by atomic mass is 16.5. The van der Waals surface area contributed by atoms with Gasteiger partial charge in [-0.05, 0) is 129 Å². The normalized spacial score (nSPS) is 12.6. The van der Waals surface area contributed by atoms with Gasteiger partial charge in [-0.1, -0.05) is 223 Å². The van der Waals surface area contributed by atoms with Crippen LogP contribution in [0.25, 0.3) is 83.3 Å². The second kappa shape index (κ2) is 20.3. The van der Waals surface area contributed by atoms with Crippen LogP contribution in [0.4, 0.5) is 22.7 Å². The molecule has 2 aromatic heterocycles. The first-order valence-corrected chi connectivity index (χ1v) is 28.3. The molecular formula is C76H66N4O. The molecule has 0 fully saturated rings. The maximum atomic E-state index is 7.18. The van der Waals surface area contributed by atoms with E-state index in [1.54, 1.807) is 0 Å². The number of benzene rings is 10. The van der Waals surface area contributed by atoms with Crippen molar-refractivity contribution >= 4 is 44.6 Å². The summed E-state index contributed by atoms with van der Waals surface area (Å²) < 4.78 is 9.50. The van der Waals surface area contributed by atoms with Crippen LogP contribution in [0.1, 0.15) is 63.8 Å². The fraction of sp³-hybridized carbons (Fsp3) is 0.145. The van der Waals surface area contributed by atoms with E-state index in [0.29, 0.717) is 6.67 Å². The van der Waals surface area contributed by atoms with Gasteiger partial charge in [0.2, 0.25) is 0 Å². The zero-order valence-electron chi connectivity index (χ0n) is 47.5. The number of nitrogens with zero attached hydrogens (tertiary/aromatic N) is 4. The van der Waals surface area contributed by atoms with Gasteiger partial charge >= 0.3 is 0 Å². The van der Waals surface area contributed by atoms with Crippen molar-refractivity contribution in [2.45, 2.75) is 66.2 Å². The molecule has 0 saturated carbocycles. The van der Waals surface area contributed by atoms with E-state index in [9.17, 15) is 0 Å². The molecule has 5 heteroatoms. The number of ether oxygens (including phenoxy) is 1. The summed E-state index contributed by atoms with van der Waals surface area (Å²) in [7, 11) is 0. The highest BCUT2D eigenvalue weighted by Crippen LogP contribution is 2.51. The molecule has 0 bridgehead atoms. The average Bonchev–Trinajstić information content (AvgIpc) is 4.24. The van der Waals surface area contributed by atoms with Crippen molar-refractivity contribution in [1.82, 2.24) is 9.55 Å². The Morgan fingerprint density at radius 3 is 1.67 bits per heavy atom. The first kappa shape index (κ1) is 51.0. The van der Waals surface area contributed by atoms with E-state index in [1.165, 1.54) is 44.5 Å². The van der Waals surface area contributed by atoms with E-state index in [0.717, 1.165) is 95.3 Å². The molecule has 1 aliphatic rings. The second-order valence-corrected chi connectivity index (χ2v) is 23.8. The molecular weight excluding hydrogens is 985 g/mol. The Hall–Kier alpha value is -9.45. The van der Waals surface area contributed by atoms with Crippen LogP contribution in [0, 0.1) is 13.8 Å². The number of hydrogen-bond acceptors (Lipinski definition) is 4. The molecule has 12 aromatic rings. The minimum atomic E-state index is 0.0134. The summed E-state index contributed by atoms with van der Waals surface area (Å²) in [4.78, 5) is 10.2. The van der Waals surface area contributed by atoms with Crippen molar-refractivity contribution in [2.75, 3.05) is 16.5 Å². The van der Waals surface area contributed by atoms with Crippen molar-refractivity contribution in [2.24, 2.45) is 0 Å². The summed E-state index contributed by atoms with van der Waals surface area (Å²) in [6.07, 6.45) is 2.03. The molecule has 0 unspecified atom stereocenters. The third-order valence-corrected chi connectivity index (χ3v) is 16.3. The number of para-hydroxylation sites is 4. The molecule has 0 spiro atoms. The summed E-state index contributed by atoms with van der Waals surface area (Å²) >= 11 is 0. The van der Waals surface area contributed by atoms with Crippen molar-refractivity contribution < 1.29 is 4.74 Å². The fourth-order valence-electron chi connectivity index (χ4n) is 11.9. The molecule has 1 aliphatic heterocycles. The highest BCUT2D eigenvalue weighted by molar-refractivity contribution is 6.16. The third kappa shape index (κ3) is 9.63. The zero-order chi connectivity index (χ0) is 55.6. The molecule has 10 aromatic carbocycles. The lowest BCUT2D eigenvalue weighted by Gasteiger charge is -2.28. The SMILES string of the molecule is Cc1ccc(-c2cnc(-n3c4ccccc4c4c(-c5ccc(C(C)(C)C)cc5)cc(Oc5cccc(N6CN(c7c(-c8ccc(C(C)(C)C)cc8)cccc7-c7cccc(-c8ccccc8)c7)c7ccccc76)c5)cc43)cc2C)cc1. The van der Waals surface area contributed by atoms with Crippen molar-refractivity contribution in [3.05, 3.63) is 265 Å². The molecule has 5 nitrogen and oxygen atoms in total. The Morgan fingerprint density at radius 2 is 0.975 bits per heavy atom. The van der Waals surface area contributed by atoms with Gasteiger partial charge in [-0.2, -0.15) is 0 Å². The minimum Gasteiger partial charge on any atom is -0.457 e. The minimum absolute atomic E-state index is 0.0134. The van der Waals surface area contributed by atoms with E-state index in [2.05, 4.69) is 306 Å². The Labute approximate surface area is 477 Å². The van der Waals surface area contributed by atoms with Gasteiger partial charge in [-0.15, -0.1) is 0 Å². The number of anilines is 4. The van der Waals surface area contributed by atoms with Gasteiger partial charge in [-0.25, -0.2) is 4.98 Å². The van der Waals surface area contributed by atoms with Crippen LogP contribution in [0.3, 0.4) is 0 Å². The van der Waals surface area contributed by atoms with E-state index >= 15 is 0 Å². The van der Waals surface area contributed by atoms with Crippen molar-refractivity contribution in [3.63, 3.8) is 0 Å². The molecule has 0 amide bonds. The lowest BCUT2D eigenvalue weighted by atomic mass is 9.85. The lowest BCUT2D eigenvalue weighted by molar-refractivity contribution is 0.483. The highest BCUT2D eigenvalue weighted by Gasteiger charge is 2.32. The molecule has 0 atom stereocenters. The second-order valence-electron chi connectivity index (χ2n) is 23.8. The largest absolute Gasteiger partial charge is 0.457 e. The number of fused-ring (bicyclic) bond motifs is 4. The molecule has 396 valence electrons. The zero-order valence-corrected chi connectivity index (χ0v) is 47.5. The van der Waals surface area contributed by atoms with Gasteiger partial charge in [-0.3, -0.25) is 4.57 Å². The lowest BCUT2D eigenvalue weighted by Crippen LogP contribution is -2.25. The predicted molar refractivity (Wildman–Crippen MR) is 341 cm³/mol. The molecule has 3 heterocycles. The fourth-order valence-corrected chi connectivity index (χ4v) is 11.9. The van der Waals surface area contributed by atoms with Crippen LogP contribution in [0.15, 0.2) is 243 Å². The molecule has 0 saturated heterocycles. The van der Waals surface area contributed by atoms with E-state index < -0.39 is 0 Å². The third-order valence-electron chi connectivity index (χ3n) is 16.3. The van der Waals surface area contributed by atoms with Crippen LogP contribution >= 0.6 is 0 Å². The summed E-state index contributed by atoms with van der Waals surface area (Å²) in [5, 5.41) is 2.31. The van der Waals surface area contributed by atoms with Gasteiger partial charge in [0, 0.05) is 51.5 Å². The number of aryl methyl sites for hydroxylation is 2. The number of hydrogen-bond donors (Lipinski definition) is 0. The van der Waals surface area contributed by atoms with Crippen molar-refractivity contribution in [3.8, 4) is 73.0 Å². The van der Waals surface area contributed by atoms with Crippen LogP contribution in [-0.4, -0.2) is 16.2 Å². The maximum Gasteiger partial charge on any atom is 0.137 e. The number of aromatic nitrogens is 2. The quantitative estimate of drug-likeness (QED) is 0.137. The summed E-state index contributed by atoms with van der Waals surface area (Å²) in [5.74, 6) is 2.34. The summed E-state index contributed by atoms with van der Waals surface area (Å²) in [5.41, 5.74) is 23.2. The number of rotatable bonds is 10. The Kier molecular flexibility index (Phi) is 12.8. The van der Waals surface area contributed by atoms with E-state index in [4.69, 9.17) is 9.72 Å². The van der Waals surface area contributed by atoms with Gasteiger partial charge in [0.05, 0.1) is 28.1 Å². The standard InChI is InChI=1S/C76H66N4O/c1-50-31-33-55(34-32-50)67-48-77-72(43-51(67)2)80-68-28-13-12-25-65(68)73-66(54-37-41-59(42-38-54)76(6,7)8)46-62(47-71(73)80)81-61-24-17-23-60(45-61)78-49-79(70-30-15-14-29-69(70)78)74-63(53-35-39-58(40-36-53)75(3,4)5)26-18-27-64(74)57-22-16-21-56(44-57)52-19-10-9-11-20-52/h9-48H,49H2,1-8H3. The first-order chi connectivity index (χ1) is 39.2. The van der Waals surface area contributed by atoms with Gasteiger partial charge < -0.3 is 14.5 Å². The maximum absolute atomic E-state index is 7.18. The van der Waals surface area contributed by atoms with Crippen LogP contribution in [0.2, 0.25) is 0 Å². The molecule has 0 aliphatic carbocycles. The summed E-state index contributed by atoms with van der Waals surface area (Å²) in [6, 6.07) is 86.1. The smallest absolute Gasteiger partial charge is 0.137 e. The van der Waals surface area contributed by atoms with E-state index in [-0.39, 0.29) is 10.8 Å². The van der Waals surface area contributed by atoms with Crippen LogP contribution < -0.4 is 14.5 Å². The molecule has 0 N–H and O–H groups in total. The van der Waals surface area contributed by atoms with Crippen LogP contribution in [-0.2, 0) is 10.8 Å². The molecule has 81 heavy (non-hydrogen) atoms. The van der Waals surface area contributed by atoms with Crippen molar-refractivity contribution in [1.29, 1.82) is 0 Å². The Bertz CT molecular complexity index is 4310. The van der Waals surface area contributed by atoms with Gasteiger partial charge in [0.15, 0.2) is 0 Å². The number of pyridine rings is 1. The first-order valence-electron chi connectivity index (χ1n) is 28.3.